The number of aromatic amines is 1. The number of nitrogens with one attached hydrogen (secondary N) is 2. The molecule has 0 spiro atoms. The molecule has 0 unspecified atom stereocenters. The highest BCUT2D eigenvalue weighted by molar-refractivity contribution is 5.69. The Labute approximate surface area is 104 Å². The normalized spacial score (nSPS) is 11.6. The van der Waals surface area contributed by atoms with Crippen LogP contribution in [-0.4, -0.2) is 39.7 Å². The van der Waals surface area contributed by atoms with Gasteiger partial charge in [0.15, 0.2) is 11.2 Å². The fourth-order valence-corrected chi connectivity index (χ4v) is 1.96. The Hall–Kier alpha value is -1.89. The van der Waals surface area contributed by atoms with Crippen molar-refractivity contribution in [3.8, 4) is 0 Å². The molecular formula is C11H18N5O2+. The first-order chi connectivity index (χ1) is 8.50. The van der Waals surface area contributed by atoms with E-state index in [4.69, 9.17) is 0 Å². The predicted molar refractivity (Wildman–Crippen MR) is 67.9 cm³/mol. The molecule has 2 aromatic rings. The molecule has 0 fully saturated rings. The summed E-state index contributed by atoms with van der Waals surface area (Å²) in [5.74, 6) is 0. The Balaban J connectivity index is 2.39. The minimum Gasteiger partial charge on any atom is -0.340 e. The number of quaternary nitrogens is 1. The Morgan fingerprint density at radius 3 is 2.78 bits per heavy atom. The topological polar surface area (TPSA) is 77.1 Å². The van der Waals surface area contributed by atoms with Crippen molar-refractivity contribution in [3.05, 3.63) is 27.2 Å². The summed E-state index contributed by atoms with van der Waals surface area (Å²) in [7, 11) is 5.77. The van der Waals surface area contributed by atoms with Crippen molar-refractivity contribution in [1.29, 1.82) is 0 Å². The molecule has 2 aromatic heterocycles. The lowest BCUT2D eigenvalue weighted by atomic mass is 10.4. The van der Waals surface area contributed by atoms with Gasteiger partial charge in [0.05, 0.1) is 27.0 Å². The minimum absolute atomic E-state index is 0.372. The third kappa shape index (κ3) is 2.21. The number of fused-ring (bicyclic) bond motifs is 1. The van der Waals surface area contributed by atoms with Crippen LogP contribution in [0.15, 0.2) is 15.9 Å². The van der Waals surface area contributed by atoms with Crippen molar-refractivity contribution < 1.29 is 4.90 Å². The summed E-state index contributed by atoms with van der Waals surface area (Å²) < 4.78 is 3.15. The maximum absolute atomic E-state index is 11.8. The molecule has 7 heteroatoms. The van der Waals surface area contributed by atoms with Gasteiger partial charge < -0.3 is 9.47 Å². The summed E-state index contributed by atoms with van der Waals surface area (Å²) in [4.78, 5) is 31.0. The lowest BCUT2D eigenvalue weighted by Gasteiger charge is -2.07. The van der Waals surface area contributed by atoms with E-state index >= 15 is 0 Å². The van der Waals surface area contributed by atoms with Crippen LogP contribution in [0.3, 0.4) is 0 Å². The van der Waals surface area contributed by atoms with E-state index in [2.05, 4.69) is 24.1 Å². The maximum Gasteiger partial charge on any atom is 0.329 e. The van der Waals surface area contributed by atoms with Gasteiger partial charge in [-0.25, -0.2) is 9.78 Å². The van der Waals surface area contributed by atoms with Crippen molar-refractivity contribution >= 4 is 11.2 Å². The van der Waals surface area contributed by atoms with E-state index in [9.17, 15) is 9.59 Å². The van der Waals surface area contributed by atoms with Crippen molar-refractivity contribution in [2.24, 2.45) is 7.05 Å². The summed E-state index contributed by atoms with van der Waals surface area (Å²) >= 11 is 0. The predicted octanol–water partition coefficient (Wildman–Crippen LogP) is -2.04. The quantitative estimate of drug-likeness (QED) is 0.658. The molecule has 2 heterocycles. The van der Waals surface area contributed by atoms with Gasteiger partial charge in [-0.2, -0.15) is 0 Å². The number of hydrogen-bond acceptors (Lipinski definition) is 3. The van der Waals surface area contributed by atoms with Gasteiger partial charge in [0.25, 0.3) is 5.56 Å². The number of hydrogen-bond donors (Lipinski definition) is 2. The molecule has 0 amide bonds. The fourth-order valence-electron chi connectivity index (χ4n) is 1.96. The molecule has 0 aliphatic rings. The Morgan fingerprint density at radius 2 is 2.11 bits per heavy atom. The first-order valence-electron chi connectivity index (χ1n) is 5.94. The molecular weight excluding hydrogens is 234 g/mol. The zero-order chi connectivity index (χ0) is 13.3. The summed E-state index contributed by atoms with van der Waals surface area (Å²) in [6.07, 6.45) is 2.57. The molecule has 0 aromatic carbocycles. The highest BCUT2D eigenvalue weighted by atomic mass is 16.2. The van der Waals surface area contributed by atoms with Crippen molar-refractivity contribution in [3.63, 3.8) is 0 Å². The number of aryl methyl sites for hydroxylation is 2. The van der Waals surface area contributed by atoms with E-state index in [1.54, 1.807) is 17.9 Å². The molecule has 98 valence electrons. The molecule has 0 bridgehead atoms. The van der Waals surface area contributed by atoms with E-state index in [1.165, 1.54) is 9.47 Å². The summed E-state index contributed by atoms with van der Waals surface area (Å²) in [6, 6.07) is 0. The first-order valence-corrected chi connectivity index (χ1v) is 5.94. The zero-order valence-corrected chi connectivity index (χ0v) is 10.9. The van der Waals surface area contributed by atoms with Crippen molar-refractivity contribution in [1.82, 2.24) is 19.1 Å². The minimum atomic E-state index is -0.435. The summed E-state index contributed by atoms with van der Waals surface area (Å²) in [6.45, 7) is 1.74. The van der Waals surface area contributed by atoms with Gasteiger partial charge in [0, 0.05) is 20.0 Å². The molecule has 2 N–H and O–H groups in total. The van der Waals surface area contributed by atoms with E-state index in [0.717, 1.165) is 19.5 Å². The van der Waals surface area contributed by atoms with Crippen LogP contribution >= 0.6 is 0 Å². The SMILES string of the molecule is Cn1c(=O)[nH]c(=O)c2c1ncn2CCC[NH+](C)C. The number of nitrogens with zero attached hydrogens (tertiary/aromatic N) is 3. The molecule has 0 radical (unpaired) electrons. The third-order valence-electron chi connectivity index (χ3n) is 2.95. The largest absolute Gasteiger partial charge is 0.340 e. The average Bonchev–Trinajstić information content (AvgIpc) is 2.70. The third-order valence-corrected chi connectivity index (χ3v) is 2.95. The highest BCUT2D eigenvalue weighted by Crippen LogP contribution is 2.04. The van der Waals surface area contributed by atoms with Crippen LogP contribution in [0.5, 0.6) is 0 Å². The molecule has 18 heavy (non-hydrogen) atoms. The molecule has 0 saturated carbocycles. The van der Waals surface area contributed by atoms with Gasteiger partial charge >= 0.3 is 5.69 Å². The fraction of sp³-hybridized carbons (Fsp3) is 0.545. The van der Waals surface area contributed by atoms with Crippen LogP contribution in [-0.2, 0) is 13.6 Å². The second kappa shape index (κ2) is 4.77. The van der Waals surface area contributed by atoms with Gasteiger partial charge in [0.1, 0.15) is 0 Å². The van der Waals surface area contributed by atoms with E-state index in [1.807, 2.05) is 0 Å². The van der Waals surface area contributed by atoms with Crippen LogP contribution in [0.25, 0.3) is 11.2 Å². The van der Waals surface area contributed by atoms with Crippen LogP contribution < -0.4 is 16.1 Å². The summed E-state index contributed by atoms with van der Waals surface area (Å²) in [5.41, 5.74) is 0.0880. The van der Waals surface area contributed by atoms with Crippen LogP contribution in [0.1, 0.15) is 6.42 Å². The number of imidazole rings is 1. The smallest absolute Gasteiger partial charge is 0.329 e. The number of rotatable bonds is 4. The highest BCUT2D eigenvalue weighted by Gasteiger charge is 2.11. The zero-order valence-electron chi connectivity index (χ0n) is 10.9. The van der Waals surface area contributed by atoms with E-state index in [-0.39, 0.29) is 5.56 Å². The Kier molecular flexibility index (Phi) is 3.33. The van der Waals surface area contributed by atoms with Gasteiger partial charge in [0.2, 0.25) is 0 Å². The molecule has 0 aliphatic carbocycles. The van der Waals surface area contributed by atoms with Crippen LogP contribution in [0.2, 0.25) is 0 Å². The van der Waals surface area contributed by atoms with Gasteiger partial charge in [-0.3, -0.25) is 14.3 Å². The van der Waals surface area contributed by atoms with Gasteiger partial charge in [-0.1, -0.05) is 0 Å². The molecule has 7 nitrogen and oxygen atoms in total. The second-order valence-electron chi connectivity index (χ2n) is 4.74. The first kappa shape index (κ1) is 12.6. The molecule has 0 saturated heterocycles. The standard InChI is InChI=1S/C11H17N5O2/c1-14(2)5-4-6-16-7-12-9-8(16)10(17)13-11(18)15(9)3/h7H,4-6H2,1-3H3,(H,13,17,18)/p+1. The number of H-pyrrole nitrogens is 1. The van der Waals surface area contributed by atoms with Gasteiger partial charge in [-0.05, 0) is 0 Å². The van der Waals surface area contributed by atoms with Gasteiger partial charge in [-0.15, -0.1) is 0 Å². The van der Waals surface area contributed by atoms with E-state index in [0.29, 0.717) is 11.2 Å². The van der Waals surface area contributed by atoms with E-state index < -0.39 is 5.69 Å². The second-order valence-corrected chi connectivity index (χ2v) is 4.74. The monoisotopic (exact) mass is 252 g/mol. The number of aromatic nitrogens is 4. The Bertz CT molecular complexity index is 664. The van der Waals surface area contributed by atoms with Crippen LogP contribution in [0, 0.1) is 0 Å². The lowest BCUT2D eigenvalue weighted by Crippen LogP contribution is -3.05. The maximum atomic E-state index is 11.8. The average molecular weight is 252 g/mol. The van der Waals surface area contributed by atoms with Crippen molar-refractivity contribution in [2.75, 3.05) is 20.6 Å². The molecule has 0 atom stereocenters. The summed E-state index contributed by atoms with van der Waals surface area (Å²) in [5, 5.41) is 0. The molecule has 2 rings (SSSR count). The molecule has 0 aliphatic heterocycles. The Morgan fingerprint density at radius 1 is 1.39 bits per heavy atom. The lowest BCUT2D eigenvalue weighted by molar-refractivity contribution is -0.858. The van der Waals surface area contributed by atoms with Crippen molar-refractivity contribution in [2.45, 2.75) is 13.0 Å². The van der Waals surface area contributed by atoms with Crippen LogP contribution in [0.4, 0.5) is 0 Å².